The summed E-state index contributed by atoms with van der Waals surface area (Å²) in [7, 11) is -4.40. The molecule has 1 fully saturated rings. The minimum atomic E-state index is -4.40. The molecular formula is C12H15O4S-. The molecular weight excluding hydrogens is 240 g/mol. The largest absolute Gasteiger partial charge is 0.744 e. The molecule has 1 aliphatic heterocycles. The number of rotatable bonds is 3. The van der Waals surface area contributed by atoms with Gasteiger partial charge in [-0.3, -0.25) is 0 Å². The van der Waals surface area contributed by atoms with Crippen molar-refractivity contribution in [3.8, 4) is 0 Å². The smallest absolute Gasteiger partial charge is 0.124 e. The Hall–Kier alpha value is -0.910. The van der Waals surface area contributed by atoms with Crippen LogP contribution in [0.4, 0.5) is 0 Å². The highest BCUT2D eigenvalue weighted by molar-refractivity contribution is 7.85. The molecule has 2 rings (SSSR count). The summed E-state index contributed by atoms with van der Waals surface area (Å²) in [6.45, 7) is 2.59. The Balaban J connectivity index is 2.33. The van der Waals surface area contributed by atoms with E-state index in [1.165, 1.54) is 6.07 Å². The minimum Gasteiger partial charge on any atom is -0.744 e. The maximum Gasteiger partial charge on any atom is 0.124 e. The van der Waals surface area contributed by atoms with Gasteiger partial charge in [-0.25, -0.2) is 8.42 Å². The van der Waals surface area contributed by atoms with Crippen molar-refractivity contribution in [2.75, 3.05) is 6.61 Å². The van der Waals surface area contributed by atoms with E-state index in [4.69, 9.17) is 4.74 Å². The van der Waals surface area contributed by atoms with Crippen molar-refractivity contribution < 1.29 is 17.7 Å². The van der Waals surface area contributed by atoms with E-state index >= 15 is 0 Å². The van der Waals surface area contributed by atoms with Crippen LogP contribution in [-0.4, -0.2) is 25.7 Å². The molecule has 1 aromatic rings. The first-order valence-electron chi connectivity index (χ1n) is 5.64. The lowest BCUT2D eigenvalue weighted by molar-refractivity contribution is 0.111. The predicted molar refractivity (Wildman–Crippen MR) is 61.8 cm³/mol. The molecule has 0 saturated carbocycles. The molecule has 0 amide bonds. The van der Waals surface area contributed by atoms with Crippen molar-refractivity contribution in [2.24, 2.45) is 0 Å². The van der Waals surface area contributed by atoms with Crippen molar-refractivity contribution in [1.82, 2.24) is 0 Å². The molecule has 1 unspecified atom stereocenters. The fourth-order valence-corrected chi connectivity index (χ4v) is 2.86. The zero-order chi connectivity index (χ0) is 12.5. The van der Waals surface area contributed by atoms with E-state index in [1.54, 1.807) is 12.1 Å². The van der Waals surface area contributed by atoms with Gasteiger partial charge in [0.1, 0.15) is 10.1 Å². The second-order valence-electron chi connectivity index (χ2n) is 4.40. The number of ether oxygens (including phenoxy) is 1. The van der Waals surface area contributed by atoms with Gasteiger partial charge in [0.25, 0.3) is 0 Å². The summed E-state index contributed by atoms with van der Waals surface area (Å²) in [6, 6.07) is 4.79. The average Bonchev–Trinajstić information content (AvgIpc) is 2.68. The monoisotopic (exact) mass is 255 g/mol. The van der Waals surface area contributed by atoms with Crippen LogP contribution in [0.25, 0.3) is 0 Å². The SMILES string of the molecule is Cc1ccc(S(=O)(=O)[O-])c(CC2CCCO2)c1. The summed E-state index contributed by atoms with van der Waals surface area (Å²) < 4.78 is 38.9. The van der Waals surface area contributed by atoms with E-state index in [2.05, 4.69) is 0 Å². The Morgan fingerprint density at radius 1 is 1.47 bits per heavy atom. The third kappa shape index (κ3) is 3.06. The first kappa shape index (κ1) is 12.5. The van der Waals surface area contributed by atoms with Crippen LogP contribution in [0.1, 0.15) is 24.0 Å². The molecule has 0 aliphatic carbocycles. The molecule has 4 nitrogen and oxygen atoms in total. The van der Waals surface area contributed by atoms with Crippen LogP contribution in [0.5, 0.6) is 0 Å². The van der Waals surface area contributed by atoms with E-state index in [9.17, 15) is 13.0 Å². The maximum absolute atomic E-state index is 11.1. The summed E-state index contributed by atoms with van der Waals surface area (Å²) in [6.07, 6.45) is 2.46. The fraction of sp³-hybridized carbons (Fsp3) is 0.500. The van der Waals surface area contributed by atoms with Crippen LogP contribution < -0.4 is 0 Å². The van der Waals surface area contributed by atoms with Gasteiger partial charge >= 0.3 is 0 Å². The van der Waals surface area contributed by atoms with Crippen molar-refractivity contribution in [3.63, 3.8) is 0 Å². The Bertz CT molecular complexity index is 501. The molecule has 94 valence electrons. The van der Waals surface area contributed by atoms with E-state index < -0.39 is 10.1 Å². The van der Waals surface area contributed by atoms with E-state index in [0.717, 1.165) is 25.0 Å². The van der Waals surface area contributed by atoms with Gasteiger partial charge in [-0.05, 0) is 37.8 Å². The van der Waals surface area contributed by atoms with Gasteiger partial charge in [0.05, 0.1) is 11.0 Å². The summed E-state index contributed by atoms with van der Waals surface area (Å²) >= 11 is 0. The Morgan fingerprint density at radius 2 is 2.24 bits per heavy atom. The quantitative estimate of drug-likeness (QED) is 0.770. The van der Waals surface area contributed by atoms with Crippen LogP contribution in [0.2, 0.25) is 0 Å². The maximum atomic E-state index is 11.1. The van der Waals surface area contributed by atoms with Gasteiger partial charge in [-0.2, -0.15) is 0 Å². The Kier molecular flexibility index (Phi) is 3.51. The van der Waals surface area contributed by atoms with Gasteiger partial charge in [-0.15, -0.1) is 0 Å². The topological polar surface area (TPSA) is 66.4 Å². The summed E-state index contributed by atoms with van der Waals surface area (Å²) in [5, 5.41) is 0. The molecule has 0 spiro atoms. The molecule has 1 atom stereocenters. The standard InChI is InChI=1S/C12H16O4S/c1-9-4-5-12(17(13,14)15)10(7-9)8-11-3-2-6-16-11/h4-5,7,11H,2-3,6,8H2,1H3,(H,13,14,15)/p-1. The number of hydrogen-bond acceptors (Lipinski definition) is 4. The van der Waals surface area contributed by atoms with Crippen molar-refractivity contribution in [1.29, 1.82) is 0 Å². The first-order valence-corrected chi connectivity index (χ1v) is 7.04. The van der Waals surface area contributed by atoms with Gasteiger partial charge in [0.2, 0.25) is 0 Å². The van der Waals surface area contributed by atoms with Crippen LogP contribution >= 0.6 is 0 Å². The minimum absolute atomic E-state index is 0.0392. The third-order valence-corrected chi connectivity index (χ3v) is 3.89. The lowest BCUT2D eigenvalue weighted by atomic mass is 10.0. The zero-order valence-electron chi connectivity index (χ0n) is 9.68. The van der Waals surface area contributed by atoms with Crippen LogP contribution in [0.3, 0.4) is 0 Å². The second kappa shape index (κ2) is 4.76. The third-order valence-electron chi connectivity index (χ3n) is 2.96. The molecule has 0 N–H and O–H groups in total. The molecule has 0 radical (unpaired) electrons. The fourth-order valence-electron chi connectivity index (χ4n) is 2.16. The highest BCUT2D eigenvalue weighted by Crippen LogP contribution is 2.23. The van der Waals surface area contributed by atoms with Crippen LogP contribution in [0, 0.1) is 6.92 Å². The number of aryl methyl sites for hydroxylation is 1. The van der Waals surface area contributed by atoms with Gasteiger partial charge in [-0.1, -0.05) is 17.7 Å². The van der Waals surface area contributed by atoms with Gasteiger partial charge in [0.15, 0.2) is 0 Å². The highest BCUT2D eigenvalue weighted by atomic mass is 32.2. The lowest BCUT2D eigenvalue weighted by Gasteiger charge is -2.16. The van der Waals surface area contributed by atoms with E-state index in [1.807, 2.05) is 6.92 Å². The molecule has 17 heavy (non-hydrogen) atoms. The number of benzene rings is 1. The zero-order valence-corrected chi connectivity index (χ0v) is 10.5. The molecule has 0 aromatic heterocycles. The lowest BCUT2D eigenvalue weighted by Crippen LogP contribution is -2.13. The number of hydrogen-bond donors (Lipinski definition) is 0. The van der Waals surface area contributed by atoms with Gasteiger partial charge in [0, 0.05) is 6.61 Å². The van der Waals surface area contributed by atoms with E-state index in [-0.39, 0.29) is 11.0 Å². The summed E-state index contributed by atoms with van der Waals surface area (Å²) in [4.78, 5) is -0.112. The summed E-state index contributed by atoms with van der Waals surface area (Å²) in [5.41, 5.74) is 1.53. The van der Waals surface area contributed by atoms with Gasteiger partial charge < -0.3 is 9.29 Å². The highest BCUT2D eigenvalue weighted by Gasteiger charge is 2.19. The van der Waals surface area contributed by atoms with Crippen molar-refractivity contribution >= 4 is 10.1 Å². The first-order chi connectivity index (χ1) is 7.97. The second-order valence-corrected chi connectivity index (χ2v) is 5.75. The molecule has 5 heteroatoms. The Labute approximate surface area is 101 Å². The molecule has 1 aliphatic rings. The molecule has 1 saturated heterocycles. The normalized spacial score (nSPS) is 20.7. The van der Waals surface area contributed by atoms with Crippen LogP contribution in [0.15, 0.2) is 23.1 Å². The van der Waals surface area contributed by atoms with E-state index in [0.29, 0.717) is 12.0 Å². The van der Waals surface area contributed by atoms with Crippen molar-refractivity contribution in [2.45, 2.75) is 37.2 Å². The molecule has 0 bridgehead atoms. The molecule has 1 aromatic carbocycles. The Morgan fingerprint density at radius 3 is 2.82 bits per heavy atom. The summed E-state index contributed by atoms with van der Waals surface area (Å²) in [5.74, 6) is 0. The predicted octanol–water partition coefficient (Wildman–Crippen LogP) is 1.62. The van der Waals surface area contributed by atoms with Crippen LogP contribution in [-0.2, 0) is 21.3 Å². The van der Waals surface area contributed by atoms with Crippen molar-refractivity contribution in [3.05, 3.63) is 29.3 Å². The average molecular weight is 255 g/mol. The molecule has 1 heterocycles.